The van der Waals surface area contributed by atoms with Crippen molar-refractivity contribution in [2.45, 2.75) is 39.0 Å². The molecule has 0 spiro atoms. The third-order valence-electron chi connectivity index (χ3n) is 3.27. The normalized spacial score (nSPS) is 13.4. The minimum absolute atomic E-state index is 0.987. The van der Waals surface area contributed by atoms with E-state index in [1.54, 1.807) is 5.57 Å². The van der Waals surface area contributed by atoms with E-state index < -0.39 is 0 Å². The molecule has 16 heavy (non-hydrogen) atoms. The molecule has 1 aliphatic rings. The second kappa shape index (κ2) is 5.16. The van der Waals surface area contributed by atoms with Crippen molar-refractivity contribution in [3.8, 4) is 0 Å². The summed E-state index contributed by atoms with van der Waals surface area (Å²) >= 11 is 0. The third kappa shape index (κ3) is 2.27. The quantitative estimate of drug-likeness (QED) is 0.628. The molecule has 0 amide bonds. The average molecular weight is 212 g/mol. The maximum Gasteiger partial charge on any atom is -0.00577 e. The monoisotopic (exact) mass is 212 g/mol. The zero-order chi connectivity index (χ0) is 11.4. The minimum Gasteiger partial charge on any atom is -0.103 e. The standard InChI is InChI=1S/C16H20/c1-3-5-8-13-11-15-10-6-9-14(7-4-2)16(15)12-13/h4,6,9-10,12H,2-3,5,7-8,11H2,1H3. The number of hydrogen-bond donors (Lipinski definition) is 0. The zero-order valence-corrected chi connectivity index (χ0v) is 10.1. The summed E-state index contributed by atoms with van der Waals surface area (Å²) in [5, 5.41) is 0. The van der Waals surface area contributed by atoms with Crippen LogP contribution in [0.1, 0.15) is 42.9 Å². The Morgan fingerprint density at radius 1 is 1.38 bits per heavy atom. The second-order valence-electron chi connectivity index (χ2n) is 4.57. The first-order chi connectivity index (χ1) is 7.85. The van der Waals surface area contributed by atoms with Crippen LogP contribution in [0.25, 0.3) is 6.08 Å². The highest BCUT2D eigenvalue weighted by Gasteiger charge is 2.14. The number of unbranched alkanes of at least 4 members (excludes halogenated alkanes) is 1. The SMILES string of the molecule is C=CCc1cccc2c1C=C(CCCC)C2. The van der Waals surface area contributed by atoms with Gasteiger partial charge < -0.3 is 0 Å². The molecule has 0 saturated carbocycles. The number of allylic oxidation sites excluding steroid dienone is 2. The van der Waals surface area contributed by atoms with E-state index in [0.717, 1.165) is 6.42 Å². The lowest BCUT2D eigenvalue weighted by Crippen LogP contribution is -1.89. The van der Waals surface area contributed by atoms with Gasteiger partial charge in [0, 0.05) is 0 Å². The van der Waals surface area contributed by atoms with Crippen molar-refractivity contribution in [3.63, 3.8) is 0 Å². The van der Waals surface area contributed by atoms with E-state index in [4.69, 9.17) is 0 Å². The highest BCUT2D eigenvalue weighted by molar-refractivity contribution is 5.67. The number of benzene rings is 1. The molecule has 0 saturated heterocycles. The molecule has 84 valence electrons. The van der Waals surface area contributed by atoms with Crippen LogP contribution in [-0.2, 0) is 12.8 Å². The fourth-order valence-electron chi connectivity index (χ4n) is 2.40. The molecular formula is C16H20. The molecule has 0 aliphatic heterocycles. The Hall–Kier alpha value is -1.30. The van der Waals surface area contributed by atoms with Crippen LogP contribution in [0.15, 0.2) is 36.4 Å². The smallest absolute Gasteiger partial charge is 0.00577 e. The predicted molar refractivity (Wildman–Crippen MR) is 71.5 cm³/mol. The van der Waals surface area contributed by atoms with E-state index in [-0.39, 0.29) is 0 Å². The van der Waals surface area contributed by atoms with Crippen LogP contribution >= 0.6 is 0 Å². The first-order valence-electron chi connectivity index (χ1n) is 6.26. The van der Waals surface area contributed by atoms with Crippen molar-refractivity contribution in [2.75, 3.05) is 0 Å². The Bertz CT molecular complexity index is 410. The first kappa shape index (κ1) is 11.2. The third-order valence-corrected chi connectivity index (χ3v) is 3.27. The average Bonchev–Trinajstić information content (AvgIpc) is 2.70. The van der Waals surface area contributed by atoms with Crippen LogP contribution < -0.4 is 0 Å². The van der Waals surface area contributed by atoms with Crippen molar-refractivity contribution in [3.05, 3.63) is 53.1 Å². The molecule has 0 heteroatoms. The molecule has 0 radical (unpaired) electrons. The lowest BCUT2D eigenvalue weighted by atomic mass is 10.0. The molecule has 1 aromatic carbocycles. The number of fused-ring (bicyclic) bond motifs is 1. The van der Waals surface area contributed by atoms with Crippen LogP contribution in [0.5, 0.6) is 0 Å². The molecule has 0 bridgehead atoms. The van der Waals surface area contributed by atoms with Gasteiger partial charge in [-0.05, 0) is 42.4 Å². The predicted octanol–water partition coefficient (Wildman–Crippen LogP) is 4.54. The van der Waals surface area contributed by atoms with Crippen molar-refractivity contribution >= 4 is 6.08 Å². The number of hydrogen-bond acceptors (Lipinski definition) is 0. The Labute approximate surface area is 98.7 Å². The molecule has 2 rings (SSSR count). The molecule has 0 atom stereocenters. The van der Waals surface area contributed by atoms with Crippen molar-refractivity contribution < 1.29 is 0 Å². The van der Waals surface area contributed by atoms with E-state index >= 15 is 0 Å². The van der Waals surface area contributed by atoms with Gasteiger partial charge in [0.25, 0.3) is 0 Å². The summed E-state index contributed by atoms with van der Waals surface area (Å²) < 4.78 is 0. The summed E-state index contributed by atoms with van der Waals surface area (Å²) in [6.45, 7) is 6.09. The van der Waals surface area contributed by atoms with Crippen molar-refractivity contribution in [1.82, 2.24) is 0 Å². The molecule has 0 nitrogen and oxygen atoms in total. The molecule has 0 fully saturated rings. The van der Waals surface area contributed by atoms with Gasteiger partial charge in [-0.2, -0.15) is 0 Å². The summed E-state index contributed by atoms with van der Waals surface area (Å²) in [6, 6.07) is 6.66. The molecule has 1 aromatic rings. The van der Waals surface area contributed by atoms with E-state index in [0.29, 0.717) is 0 Å². The van der Waals surface area contributed by atoms with Gasteiger partial charge in [-0.15, -0.1) is 6.58 Å². The summed E-state index contributed by atoms with van der Waals surface area (Å²) in [5.41, 5.74) is 6.01. The van der Waals surface area contributed by atoms with Crippen LogP contribution in [0.3, 0.4) is 0 Å². The maximum atomic E-state index is 3.83. The molecule has 0 heterocycles. The van der Waals surface area contributed by atoms with E-state index in [2.05, 4.69) is 37.8 Å². The van der Waals surface area contributed by atoms with Gasteiger partial charge in [0.2, 0.25) is 0 Å². The highest BCUT2D eigenvalue weighted by Crippen LogP contribution is 2.30. The minimum atomic E-state index is 0.987. The number of rotatable bonds is 5. The lowest BCUT2D eigenvalue weighted by molar-refractivity contribution is 0.779. The molecule has 1 aliphatic carbocycles. The van der Waals surface area contributed by atoms with Crippen molar-refractivity contribution in [1.29, 1.82) is 0 Å². The van der Waals surface area contributed by atoms with Gasteiger partial charge in [0.1, 0.15) is 0 Å². The maximum absolute atomic E-state index is 3.83. The molecular weight excluding hydrogens is 192 g/mol. The summed E-state index contributed by atoms with van der Waals surface area (Å²) in [5.74, 6) is 0. The van der Waals surface area contributed by atoms with Crippen molar-refractivity contribution in [2.24, 2.45) is 0 Å². The van der Waals surface area contributed by atoms with Crippen LogP contribution in [0.2, 0.25) is 0 Å². The van der Waals surface area contributed by atoms with Crippen LogP contribution in [0, 0.1) is 0 Å². The van der Waals surface area contributed by atoms with Gasteiger partial charge in [0.15, 0.2) is 0 Å². The Kier molecular flexibility index (Phi) is 3.61. The van der Waals surface area contributed by atoms with Gasteiger partial charge in [-0.3, -0.25) is 0 Å². The Morgan fingerprint density at radius 2 is 2.25 bits per heavy atom. The zero-order valence-electron chi connectivity index (χ0n) is 10.1. The fourth-order valence-corrected chi connectivity index (χ4v) is 2.40. The van der Waals surface area contributed by atoms with Crippen LogP contribution in [0.4, 0.5) is 0 Å². The molecule has 0 N–H and O–H groups in total. The highest BCUT2D eigenvalue weighted by atomic mass is 14.2. The summed E-state index contributed by atoms with van der Waals surface area (Å²) in [7, 11) is 0. The molecule has 0 unspecified atom stereocenters. The first-order valence-corrected chi connectivity index (χ1v) is 6.26. The lowest BCUT2D eigenvalue weighted by Gasteiger charge is -2.04. The van der Waals surface area contributed by atoms with Gasteiger partial charge in [0.05, 0.1) is 0 Å². The van der Waals surface area contributed by atoms with Gasteiger partial charge in [-0.1, -0.05) is 49.3 Å². The van der Waals surface area contributed by atoms with Gasteiger partial charge in [-0.25, -0.2) is 0 Å². The Morgan fingerprint density at radius 3 is 3.00 bits per heavy atom. The second-order valence-corrected chi connectivity index (χ2v) is 4.57. The van der Waals surface area contributed by atoms with Gasteiger partial charge >= 0.3 is 0 Å². The summed E-state index contributed by atoms with van der Waals surface area (Å²) in [6.07, 6.45) is 10.4. The van der Waals surface area contributed by atoms with E-state index in [1.165, 1.54) is 42.4 Å². The topological polar surface area (TPSA) is 0 Å². The van der Waals surface area contributed by atoms with E-state index in [9.17, 15) is 0 Å². The Balaban J connectivity index is 2.20. The molecule has 0 aromatic heterocycles. The van der Waals surface area contributed by atoms with Crippen LogP contribution in [-0.4, -0.2) is 0 Å². The largest absolute Gasteiger partial charge is 0.103 e. The van der Waals surface area contributed by atoms with E-state index in [1.807, 2.05) is 6.08 Å². The fraction of sp³-hybridized carbons (Fsp3) is 0.375. The summed E-state index contributed by atoms with van der Waals surface area (Å²) in [4.78, 5) is 0.